The lowest BCUT2D eigenvalue weighted by Crippen LogP contribution is -2.55. The number of nitriles is 1. The maximum Gasteiger partial charge on any atom is 0.282 e. The molecule has 1 aromatic carbocycles. The van der Waals surface area contributed by atoms with Crippen LogP contribution < -0.4 is 19.3 Å². The Balaban J connectivity index is 1.33. The van der Waals surface area contributed by atoms with Gasteiger partial charge >= 0.3 is 0 Å². The van der Waals surface area contributed by atoms with Crippen molar-refractivity contribution < 1.29 is 27.4 Å². The zero-order valence-electron chi connectivity index (χ0n) is 24.9. The largest absolute Gasteiger partial charge is 0.493 e. The highest BCUT2D eigenvalue weighted by Gasteiger charge is 2.42. The van der Waals surface area contributed by atoms with Crippen LogP contribution in [0.25, 0.3) is 0 Å². The van der Waals surface area contributed by atoms with Crippen LogP contribution >= 0.6 is 0 Å². The molecule has 1 amide bonds. The first-order valence-electron chi connectivity index (χ1n) is 15.2. The van der Waals surface area contributed by atoms with Gasteiger partial charge in [-0.2, -0.15) is 10.2 Å². The number of piperazine rings is 1. The van der Waals surface area contributed by atoms with Crippen molar-refractivity contribution in [2.24, 2.45) is 0 Å². The second-order valence-corrected chi connectivity index (χ2v) is 12.0. The lowest BCUT2D eigenvalue weighted by atomic mass is 9.95. The summed E-state index contributed by atoms with van der Waals surface area (Å²) in [7, 11) is 2.08. The van der Waals surface area contributed by atoms with Crippen LogP contribution in [0.3, 0.4) is 0 Å². The van der Waals surface area contributed by atoms with Gasteiger partial charge in [-0.3, -0.25) is 4.79 Å². The molecule has 2 saturated heterocycles. The van der Waals surface area contributed by atoms with Crippen molar-refractivity contribution in [3.63, 3.8) is 0 Å². The zero-order chi connectivity index (χ0) is 31.0. The quantitative estimate of drug-likeness (QED) is 0.427. The molecule has 44 heavy (non-hydrogen) atoms. The molecule has 2 aromatic rings. The number of pyridine rings is 1. The fourth-order valence-corrected chi connectivity index (χ4v) is 6.88. The fourth-order valence-electron chi connectivity index (χ4n) is 6.88. The standard InChI is InChI=1S/C32H37F3N6O3/c1-21(33)31(42)41-15-14-40(19-23(41)8-11-36)30-25-9-13-39(26-6-3-7-27-29(26)32(34,35)10-16-43-27)18-22(25)17-28(37-30)44-20-24-5-4-12-38(24)2/h3,6-7,17,23-24H,1,4-5,8-10,12-16,18-20H2,2H3/t23-,24-/m0/s1. The van der Waals surface area contributed by atoms with E-state index in [4.69, 9.17) is 14.5 Å². The van der Waals surface area contributed by atoms with Crippen molar-refractivity contribution in [3.8, 4) is 17.7 Å². The third-order valence-corrected chi connectivity index (χ3v) is 9.25. The van der Waals surface area contributed by atoms with Crippen molar-refractivity contribution in [2.75, 3.05) is 62.8 Å². The topological polar surface area (TPSA) is 85.2 Å². The van der Waals surface area contributed by atoms with E-state index in [9.17, 15) is 14.4 Å². The maximum atomic E-state index is 15.2. The fraction of sp³-hybridized carbons (Fsp3) is 0.531. The molecule has 0 N–H and O–H groups in total. The average molecular weight is 611 g/mol. The van der Waals surface area contributed by atoms with Crippen LogP contribution in [0.1, 0.15) is 42.4 Å². The number of fused-ring (bicyclic) bond motifs is 2. The van der Waals surface area contributed by atoms with Crippen LogP contribution in [-0.4, -0.2) is 85.8 Å². The number of aromatic nitrogens is 1. The minimum absolute atomic E-state index is 0.0245. The van der Waals surface area contributed by atoms with E-state index < -0.39 is 23.7 Å². The summed E-state index contributed by atoms with van der Waals surface area (Å²) in [5, 5.41) is 9.47. The smallest absolute Gasteiger partial charge is 0.282 e. The molecule has 0 unspecified atom stereocenters. The summed E-state index contributed by atoms with van der Waals surface area (Å²) in [5.41, 5.74) is 2.28. The van der Waals surface area contributed by atoms with Gasteiger partial charge < -0.3 is 29.1 Å². The first-order chi connectivity index (χ1) is 21.2. The highest BCUT2D eigenvalue weighted by molar-refractivity contribution is 5.91. The first kappa shape index (κ1) is 30.1. The van der Waals surface area contributed by atoms with Gasteiger partial charge in [0.05, 0.1) is 37.1 Å². The number of halogens is 3. The molecule has 0 bridgehead atoms. The van der Waals surface area contributed by atoms with E-state index in [0.717, 1.165) is 30.5 Å². The van der Waals surface area contributed by atoms with Crippen LogP contribution in [0, 0.1) is 11.3 Å². The van der Waals surface area contributed by atoms with Crippen molar-refractivity contribution >= 4 is 17.4 Å². The van der Waals surface area contributed by atoms with Crippen molar-refractivity contribution in [1.82, 2.24) is 14.8 Å². The number of carbonyl (C=O) groups is 1. The third-order valence-electron chi connectivity index (χ3n) is 9.25. The molecule has 0 radical (unpaired) electrons. The number of amides is 1. The molecular weight excluding hydrogens is 573 g/mol. The van der Waals surface area contributed by atoms with Crippen LogP contribution in [-0.2, 0) is 23.7 Å². The van der Waals surface area contributed by atoms with Crippen LogP contribution in [0.4, 0.5) is 24.7 Å². The highest BCUT2D eigenvalue weighted by Crippen LogP contribution is 2.47. The van der Waals surface area contributed by atoms with E-state index in [1.807, 2.05) is 15.9 Å². The van der Waals surface area contributed by atoms with Crippen LogP contribution in [0.5, 0.6) is 11.6 Å². The van der Waals surface area contributed by atoms with Gasteiger partial charge in [-0.05, 0) is 50.6 Å². The second-order valence-electron chi connectivity index (χ2n) is 12.0. The number of hydrogen-bond donors (Lipinski definition) is 0. The summed E-state index contributed by atoms with van der Waals surface area (Å²) in [6.45, 7) is 6.36. The molecular formula is C32H37F3N6O3. The summed E-state index contributed by atoms with van der Waals surface area (Å²) >= 11 is 0. The van der Waals surface area contributed by atoms with E-state index in [1.54, 1.807) is 18.2 Å². The average Bonchev–Trinajstić information content (AvgIpc) is 3.43. The Kier molecular flexibility index (Phi) is 8.33. The number of likely N-dealkylation sites (N-methyl/N-ethyl adjacent to an activating group) is 1. The Labute approximate surface area is 255 Å². The highest BCUT2D eigenvalue weighted by atomic mass is 19.3. The van der Waals surface area contributed by atoms with Crippen LogP contribution in [0.2, 0.25) is 0 Å². The molecule has 12 heteroatoms. The summed E-state index contributed by atoms with van der Waals surface area (Å²) < 4.78 is 56.0. The molecule has 1 aromatic heterocycles. The molecule has 4 aliphatic rings. The lowest BCUT2D eigenvalue weighted by Gasteiger charge is -2.42. The molecule has 0 aliphatic carbocycles. The minimum Gasteiger partial charge on any atom is -0.493 e. The van der Waals surface area contributed by atoms with Gasteiger partial charge in [0, 0.05) is 56.1 Å². The minimum atomic E-state index is -2.99. The first-order valence-corrected chi connectivity index (χ1v) is 15.2. The number of likely N-dealkylation sites (tertiary alicyclic amines) is 1. The Morgan fingerprint density at radius 2 is 2.07 bits per heavy atom. The summed E-state index contributed by atoms with van der Waals surface area (Å²) in [6, 6.07) is 8.82. The van der Waals surface area contributed by atoms with Gasteiger partial charge in [0.2, 0.25) is 5.88 Å². The van der Waals surface area contributed by atoms with Gasteiger partial charge in [0.1, 0.15) is 18.2 Å². The number of rotatable bonds is 7. The SMILES string of the molecule is C=C(F)C(=O)N1CCN(c2nc(OC[C@@H]3CCCN3C)cc3c2CCN(c2cccc4c2C(F)(F)CCO4)C3)C[C@@H]1CC#N. The van der Waals surface area contributed by atoms with E-state index in [0.29, 0.717) is 56.6 Å². The second kappa shape index (κ2) is 12.2. The monoisotopic (exact) mass is 610 g/mol. The van der Waals surface area contributed by atoms with E-state index in [-0.39, 0.29) is 43.3 Å². The molecule has 2 fully saturated rings. The van der Waals surface area contributed by atoms with Gasteiger partial charge in [-0.15, -0.1) is 0 Å². The van der Waals surface area contributed by atoms with Gasteiger partial charge in [-0.25, -0.2) is 13.2 Å². The van der Waals surface area contributed by atoms with Gasteiger partial charge in [0.15, 0.2) is 5.83 Å². The molecule has 9 nitrogen and oxygen atoms in total. The van der Waals surface area contributed by atoms with E-state index >= 15 is 8.78 Å². The molecule has 5 heterocycles. The number of carbonyl (C=O) groups excluding carboxylic acids is 1. The lowest BCUT2D eigenvalue weighted by molar-refractivity contribution is -0.131. The Hall–Kier alpha value is -3.98. The number of ether oxygens (including phenoxy) is 2. The number of alkyl halides is 2. The Bertz CT molecular complexity index is 1480. The molecule has 234 valence electrons. The van der Waals surface area contributed by atoms with E-state index in [1.165, 1.54) is 4.90 Å². The van der Waals surface area contributed by atoms with Crippen LogP contribution in [0.15, 0.2) is 36.7 Å². The Morgan fingerprint density at radius 3 is 2.82 bits per heavy atom. The van der Waals surface area contributed by atoms with Gasteiger partial charge in [-0.1, -0.05) is 12.6 Å². The molecule has 6 rings (SSSR count). The molecule has 2 atom stereocenters. The van der Waals surface area contributed by atoms with Crippen molar-refractivity contribution in [1.29, 1.82) is 5.26 Å². The predicted octanol–water partition coefficient (Wildman–Crippen LogP) is 4.41. The number of nitrogens with zero attached hydrogens (tertiary/aromatic N) is 6. The number of anilines is 2. The predicted molar refractivity (Wildman–Crippen MR) is 159 cm³/mol. The molecule has 0 spiro atoms. The van der Waals surface area contributed by atoms with Crippen molar-refractivity contribution in [2.45, 2.75) is 56.7 Å². The van der Waals surface area contributed by atoms with Gasteiger partial charge in [0.25, 0.3) is 11.8 Å². The summed E-state index contributed by atoms with van der Waals surface area (Å²) in [4.78, 5) is 25.0. The third kappa shape index (κ3) is 5.77. The normalized spacial score (nSPS) is 22.9. The molecule has 0 saturated carbocycles. The maximum absolute atomic E-state index is 15.2. The van der Waals surface area contributed by atoms with E-state index in [2.05, 4.69) is 24.6 Å². The number of benzene rings is 1. The summed E-state index contributed by atoms with van der Waals surface area (Å²) in [6.07, 6.45) is 2.35. The summed E-state index contributed by atoms with van der Waals surface area (Å²) in [5.74, 6) is -3.50. The zero-order valence-corrected chi connectivity index (χ0v) is 24.9. The van der Waals surface area contributed by atoms with Crippen molar-refractivity contribution in [3.05, 3.63) is 53.4 Å². The Morgan fingerprint density at radius 1 is 1.23 bits per heavy atom. The molecule has 4 aliphatic heterocycles. The number of hydrogen-bond acceptors (Lipinski definition) is 8.